The average molecular weight is 298 g/mol. The van der Waals surface area contributed by atoms with Gasteiger partial charge in [-0.3, -0.25) is 0 Å². The van der Waals surface area contributed by atoms with Crippen LogP contribution in [-0.4, -0.2) is 43.3 Å². The van der Waals surface area contributed by atoms with Crippen molar-refractivity contribution in [2.24, 2.45) is 0 Å². The Morgan fingerprint density at radius 2 is 2.20 bits per heavy atom. The lowest BCUT2D eigenvalue weighted by Crippen LogP contribution is -2.43. The first-order valence-electron chi connectivity index (χ1n) is 6.38. The predicted octanol–water partition coefficient (Wildman–Crippen LogP) is 2.30. The van der Waals surface area contributed by atoms with E-state index in [-0.39, 0.29) is 12.1 Å². The summed E-state index contributed by atoms with van der Waals surface area (Å²) in [6.07, 6.45) is 0.488. The number of hydrogen-bond donors (Lipinski definition) is 2. The maximum atomic E-state index is 11.7. The molecule has 108 valence electrons. The Morgan fingerprint density at radius 3 is 2.95 bits per heavy atom. The lowest BCUT2D eigenvalue weighted by Gasteiger charge is -2.26. The van der Waals surface area contributed by atoms with Crippen LogP contribution >= 0.6 is 11.6 Å². The number of carbonyl (C=O) groups excluding carboxylic acids is 2. The minimum Gasteiger partial charge on any atom is -0.449 e. The number of benzene rings is 1. The van der Waals surface area contributed by atoms with Crippen LogP contribution in [0.15, 0.2) is 24.3 Å². The molecule has 3 amide bonds. The van der Waals surface area contributed by atoms with Gasteiger partial charge in [0.15, 0.2) is 0 Å². The van der Waals surface area contributed by atoms with E-state index < -0.39 is 0 Å². The monoisotopic (exact) mass is 297 g/mol. The zero-order valence-electron chi connectivity index (χ0n) is 10.9. The van der Waals surface area contributed by atoms with E-state index in [1.165, 1.54) is 0 Å². The number of anilines is 1. The van der Waals surface area contributed by atoms with E-state index in [4.69, 9.17) is 16.3 Å². The number of carbonyl (C=O) groups is 2. The van der Waals surface area contributed by atoms with Gasteiger partial charge in [-0.25, -0.2) is 9.59 Å². The average Bonchev–Trinajstić information content (AvgIpc) is 2.43. The van der Waals surface area contributed by atoms with Crippen LogP contribution in [0.25, 0.3) is 0 Å². The number of amides is 3. The van der Waals surface area contributed by atoms with Gasteiger partial charge >= 0.3 is 12.1 Å². The van der Waals surface area contributed by atoms with Gasteiger partial charge in [0.05, 0.1) is 17.3 Å². The molecule has 1 aromatic carbocycles. The number of nitrogens with zero attached hydrogens (tertiary/aromatic N) is 1. The molecule has 0 spiro atoms. The van der Waals surface area contributed by atoms with E-state index >= 15 is 0 Å². The molecule has 0 bridgehead atoms. The van der Waals surface area contributed by atoms with Crippen molar-refractivity contribution in [3.63, 3.8) is 0 Å². The maximum Gasteiger partial charge on any atom is 0.409 e. The molecule has 0 aliphatic carbocycles. The van der Waals surface area contributed by atoms with Crippen LogP contribution in [0.2, 0.25) is 5.02 Å². The van der Waals surface area contributed by atoms with Gasteiger partial charge in [0.1, 0.15) is 0 Å². The highest BCUT2D eigenvalue weighted by Crippen LogP contribution is 2.19. The second kappa shape index (κ2) is 7.00. The van der Waals surface area contributed by atoms with E-state index in [9.17, 15) is 9.59 Å². The van der Waals surface area contributed by atoms with Crippen molar-refractivity contribution in [2.75, 3.05) is 31.6 Å². The molecule has 6 nitrogen and oxygen atoms in total. The standard InChI is InChI=1S/C13H16ClN3O3/c14-10-4-1-2-5-11(10)16-12(18)15-6-8-17-7-3-9-20-13(17)19/h1-2,4-5H,3,6-9H2,(H2,15,16,18). The Kier molecular flexibility index (Phi) is 5.06. The highest BCUT2D eigenvalue weighted by Gasteiger charge is 2.18. The van der Waals surface area contributed by atoms with E-state index in [1.54, 1.807) is 29.2 Å². The fourth-order valence-corrected chi connectivity index (χ4v) is 2.02. The van der Waals surface area contributed by atoms with Gasteiger partial charge in [-0.1, -0.05) is 23.7 Å². The van der Waals surface area contributed by atoms with Gasteiger partial charge in [-0.15, -0.1) is 0 Å². The number of rotatable bonds is 4. The fourth-order valence-electron chi connectivity index (χ4n) is 1.83. The summed E-state index contributed by atoms with van der Waals surface area (Å²) in [5, 5.41) is 5.78. The summed E-state index contributed by atoms with van der Waals surface area (Å²) in [6.45, 7) is 1.91. The van der Waals surface area contributed by atoms with Gasteiger partial charge in [-0.05, 0) is 18.6 Å². The molecule has 7 heteroatoms. The van der Waals surface area contributed by atoms with E-state index in [1.807, 2.05) is 0 Å². The van der Waals surface area contributed by atoms with Crippen LogP contribution in [0.1, 0.15) is 6.42 Å². The van der Waals surface area contributed by atoms with Crippen molar-refractivity contribution in [3.05, 3.63) is 29.3 Å². The number of nitrogens with one attached hydrogen (secondary N) is 2. The van der Waals surface area contributed by atoms with Gasteiger partial charge in [-0.2, -0.15) is 0 Å². The first-order chi connectivity index (χ1) is 9.66. The van der Waals surface area contributed by atoms with Crippen LogP contribution in [0.4, 0.5) is 15.3 Å². The van der Waals surface area contributed by atoms with Crippen molar-refractivity contribution < 1.29 is 14.3 Å². The van der Waals surface area contributed by atoms with E-state index in [2.05, 4.69) is 10.6 Å². The largest absolute Gasteiger partial charge is 0.449 e. The summed E-state index contributed by atoms with van der Waals surface area (Å²) in [7, 11) is 0. The van der Waals surface area contributed by atoms with Gasteiger partial charge in [0.2, 0.25) is 0 Å². The SMILES string of the molecule is O=C(NCCN1CCCOC1=O)Nc1ccccc1Cl. The molecular formula is C13H16ClN3O3. The Morgan fingerprint density at radius 1 is 1.40 bits per heavy atom. The van der Waals surface area contributed by atoms with Crippen molar-refractivity contribution in [1.82, 2.24) is 10.2 Å². The van der Waals surface area contributed by atoms with Gasteiger partial charge in [0, 0.05) is 19.6 Å². The molecule has 1 saturated heterocycles. The molecule has 1 aromatic rings. The number of halogens is 1. The zero-order chi connectivity index (χ0) is 14.4. The Bertz CT molecular complexity index is 496. The summed E-state index contributed by atoms with van der Waals surface area (Å²) in [6, 6.07) is 6.62. The Hall–Kier alpha value is -1.95. The number of para-hydroxylation sites is 1. The third kappa shape index (κ3) is 4.03. The lowest BCUT2D eigenvalue weighted by molar-refractivity contribution is 0.0736. The molecule has 0 radical (unpaired) electrons. The second-order valence-electron chi connectivity index (χ2n) is 4.32. The normalized spacial score (nSPS) is 14.7. The molecule has 1 aliphatic rings. The molecular weight excluding hydrogens is 282 g/mol. The molecule has 20 heavy (non-hydrogen) atoms. The van der Waals surface area contributed by atoms with Gasteiger partial charge in [0.25, 0.3) is 0 Å². The molecule has 2 rings (SSSR count). The van der Waals surface area contributed by atoms with Crippen molar-refractivity contribution in [2.45, 2.75) is 6.42 Å². The highest BCUT2D eigenvalue weighted by atomic mass is 35.5. The van der Waals surface area contributed by atoms with Crippen molar-refractivity contribution >= 4 is 29.4 Å². The molecule has 1 heterocycles. The number of hydrogen-bond acceptors (Lipinski definition) is 3. The van der Waals surface area contributed by atoms with Crippen LogP contribution < -0.4 is 10.6 Å². The summed E-state index contributed by atoms with van der Waals surface area (Å²) in [5.41, 5.74) is 0.545. The lowest BCUT2D eigenvalue weighted by atomic mass is 10.3. The molecule has 0 saturated carbocycles. The Labute approximate surface area is 122 Å². The smallest absolute Gasteiger partial charge is 0.409 e. The highest BCUT2D eigenvalue weighted by molar-refractivity contribution is 6.33. The third-order valence-electron chi connectivity index (χ3n) is 2.85. The summed E-state index contributed by atoms with van der Waals surface area (Å²) >= 11 is 5.93. The minimum absolute atomic E-state index is 0.329. The summed E-state index contributed by atoms with van der Waals surface area (Å²) < 4.78 is 4.90. The fraction of sp³-hybridized carbons (Fsp3) is 0.385. The molecule has 1 fully saturated rings. The Balaban J connectivity index is 1.73. The topological polar surface area (TPSA) is 70.7 Å². The molecule has 2 N–H and O–H groups in total. The zero-order valence-corrected chi connectivity index (χ0v) is 11.7. The molecule has 1 aliphatic heterocycles. The van der Waals surface area contributed by atoms with Crippen molar-refractivity contribution in [1.29, 1.82) is 0 Å². The van der Waals surface area contributed by atoms with Crippen LogP contribution in [0, 0.1) is 0 Å². The molecule has 0 aromatic heterocycles. The minimum atomic E-state index is -0.358. The number of cyclic esters (lactones) is 1. The quantitative estimate of drug-likeness (QED) is 0.896. The first kappa shape index (κ1) is 14.5. The van der Waals surface area contributed by atoms with Crippen molar-refractivity contribution in [3.8, 4) is 0 Å². The van der Waals surface area contributed by atoms with Crippen LogP contribution in [0.5, 0.6) is 0 Å². The second-order valence-corrected chi connectivity index (χ2v) is 4.72. The van der Waals surface area contributed by atoms with E-state index in [0.717, 1.165) is 6.42 Å². The maximum absolute atomic E-state index is 11.7. The molecule has 0 unspecified atom stereocenters. The first-order valence-corrected chi connectivity index (χ1v) is 6.75. The van der Waals surface area contributed by atoms with E-state index in [0.29, 0.717) is 37.0 Å². The summed E-state index contributed by atoms with van der Waals surface area (Å²) in [4.78, 5) is 24.6. The van der Waals surface area contributed by atoms with Crippen LogP contribution in [0.3, 0.4) is 0 Å². The summed E-state index contributed by atoms with van der Waals surface area (Å²) in [5.74, 6) is 0. The number of urea groups is 1. The molecule has 0 atom stereocenters. The van der Waals surface area contributed by atoms with Gasteiger partial charge < -0.3 is 20.3 Å². The third-order valence-corrected chi connectivity index (χ3v) is 3.18. The number of ether oxygens (including phenoxy) is 1. The van der Waals surface area contributed by atoms with Crippen LogP contribution in [-0.2, 0) is 4.74 Å². The predicted molar refractivity (Wildman–Crippen MR) is 76.0 cm³/mol.